The molecule has 0 aromatic heterocycles. The first-order valence-corrected chi connectivity index (χ1v) is 9.54. The molecule has 134 valence electrons. The van der Waals surface area contributed by atoms with Gasteiger partial charge in [-0.1, -0.05) is 19.3 Å². The quantitative estimate of drug-likeness (QED) is 0.877. The molecule has 1 aromatic rings. The van der Waals surface area contributed by atoms with E-state index in [0.717, 1.165) is 18.7 Å². The number of hydrogen-bond donors (Lipinski definition) is 2. The molecule has 1 aliphatic carbocycles. The van der Waals surface area contributed by atoms with Gasteiger partial charge in [-0.3, -0.25) is 0 Å². The molecule has 3 rings (SSSR count). The van der Waals surface area contributed by atoms with Gasteiger partial charge in [0.2, 0.25) is 0 Å². The van der Waals surface area contributed by atoms with E-state index in [1.165, 1.54) is 51.6 Å². The molecule has 5 nitrogen and oxygen atoms in total. The van der Waals surface area contributed by atoms with E-state index < -0.39 is 0 Å². The fraction of sp³-hybridized carbons (Fsp3) is 0.600. The maximum absolute atomic E-state index is 12.4. The zero-order valence-electron chi connectivity index (χ0n) is 14.8. The number of urea groups is 1. The number of likely N-dealkylation sites (tertiary alicyclic amines) is 1. The van der Waals surface area contributed by atoms with Gasteiger partial charge in [0.1, 0.15) is 0 Å². The largest absolute Gasteiger partial charge is 0.335 e. The molecule has 25 heavy (non-hydrogen) atoms. The van der Waals surface area contributed by atoms with E-state index >= 15 is 0 Å². The van der Waals surface area contributed by atoms with Crippen molar-refractivity contribution in [3.05, 3.63) is 29.8 Å². The summed E-state index contributed by atoms with van der Waals surface area (Å²) in [5, 5.41) is 14.9. The van der Waals surface area contributed by atoms with Gasteiger partial charge in [-0.05, 0) is 69.0 Å². The van der Waals surface area contributed by atoms with E-state index in [0.29, 0.717) is 11.5 Å². The van der Waals surface area contributed by atoms with Crippen molar-refractivity contribution in [1.82, 2.24) is 10.2 Å². The maximum atomic E-state index is 12.4. The molecule has 1 heterocycles. The fourth-order valence-corrected chi connectivity index (χ4v) is 4.05. The average molecular weight is 340 g/mol. The van der Waals surface area contributed by atoms with Crippen molar-refractivity contribution >= 4 is 11.7 Å². The summed E-state index contributed by atoms with van der Waals surface area (Å²) in [5.41, 5.74) is 1.32. The Hall–Kier alpha value is -2.06. The molecule has 2 aliphatic rings. The van der Waals surface area contributed by atoms with Gasteiger partial charge in [-0.15, -0.1) is 0 Å². The zero-order valence-corrected chi connectivity index (χ0v) is 14.8. The highest BCUT2D eigenvalue weighted by molar-refractivity contribution is 5.89. The molecule has 0 spiro atoms. The molecule has 0 unspecified atom stereocenters. The number of carbonyl (C=O) groups excluding carboxylic acids is 1. The van der Waals surface area contributed by atoms with Gasteiger partial charge in [0.05, 0.1) is 11.6 Å². The average Bonchev–Trinajstić information content (AvgIpc) is 2.65. The van der Waals surface area contributed by atoms with Crippen molar-refractivity contribution in [3.8, 4) is 6.07 Å². The lowest BCUT2D eigenvalue weighted by atomic mass is 9.84. The van der Waals surface area contributed by atoms with Crippen molar-refractivity contribution in [1.29, 1.82) is 5.26 Å². The highest BCUT2D eigenvalue weighted by Crippen LogP contribution is 2.26. The number of nitriles is 1. The molecule has 1 saturated heterocycles. The molecule has 2 atom stereocenters. The number of piperidine rings is 1. The molecule has 0 radical (unpaired) electrons. The summed E-state index contributed by atoms with van der Waals surface area (Å²) in [4.78, 5) is 14.9. The normalized spacial score (nSPS) is 24.3. The third kappa shape index (κ3) is 5.20. The summed E-state index contributed by atoms with van der Waals surface area (Å²) in [6.07, 6.45) is 8.72. The topological polar surface area (TPSA) is 68.2 Å². The van der Waals surface area contributed by atoms with Crippen LogP contribution < -0.4 is 10.6 Å². The molecule has 2 amide bonds. The lowest BCUT2D eigenvalue weighted by Gasteiger charge is -2.37. The van der Waals surface area contributed by atoms with E-state index in [-0.39, 0.29) is 12.1 Å². The Kier molecular flexibility index (Phi) is 6.30. The maximum Gasteiger partial charge on any atom is 0.319 e. The molecular weight excluding hydrogens is 312 g/mol. The van der Waals surface area contributed by atoms with E-state index in [2.05, 4.69) is 21.6 Å². The highest BCUT2D eigenvalue weighted by atomic mass is 16.2. The number of amides is 2. The van der Waals surface area contributed by atoms with Crippen LogP contribution >= 0.6 is 0 Å². The number of anilines is 1. The summed E-state index contributed by atoms with van der Waals surface area (Å²) in [6, 6.07) is 9.18. The highest BCUT2D eigenvalue weighted by Gasteiger charge is 2.28. The van der Waals surface area contributed by atoms with Gasteiger partial charge >= 0.3 is 6.03 Å². The number of benzene rings is 1. The summed E-state index contributed by atoms with van der Waals surface area (Å²) in [5.74, 6) is 0.554. The predicted octanol–water partition coefficient (Wildman–Crippen LogP) is 3.72. The van der Waals surface area contributed by atoms with Crippen LogP contribution in [0.15, 0.2) is 24.3 Å². The van der Waals surface area contributed by atoms with E-state index in [9.17, 15) is 4.79 Å². The van der Waals surface area contributed by atoms with Crippen LogP contribution in [0.1, 0.15) is 50.5 Å². The molecule has 1 saturated carbocycles. The molecule has 2 fully saturated rings. The van der Waals surface area contributed by atoms with Crippen molar-refractivity contribution in [2.45, 2.75) is 51.0 Å². The van der Waals surface area contributed by atoms with Gasteiger partial charge in [0.25, 0.3) is 0 Å². The second kappa shape index (κ2) is 8.87. The minimum atomic E-state index is -0.139. The Morgan fingerprint density at radius 2 is 1.80 bits per heavy atom. The van der Waals surface area contributed by atoms with Gasteiger partial charge in [-0.2, -0.15) is 5.26 Å². The number of rotatable bonds is 4. The Morgan fingerprint density at radius 1 is 1.08 bits per heavy atom. The zero-order chi connectivity index (χ0) is 17.5. The summed E-state index contributed by atoms with van der Waals surface area (Å²) >= 11 is 0. The molecule has 5 heteroatoms. The Balaban J connectivity index is 1.52. The lowest BCUT2D eigenvalue weighted by molar-refractivity contribution is 0.150. The van der Waals surface area contributed by atoms with Gasteiger partial charge in [-0.25, -0.2) is 4.79 Å². The number of nitrogens with one attached hydrogen (secondary N) is 2. The van der Waals surface area contributed by atoms with Gasteiger partial charge < -0.3 is 15.5 Å². The first-order valence-electron chi connectivity index (χ1n) is 9.54. The van der Waals surface area contributed by atoms with Crippen LogP contribution in [-0.2, 0) is 0 Å². The molecule has 2 N–H and O–H groups in total. The minimum Gasteiger partial charge on any atom is -0.335 e. The van der Waals surface area contributed by atoms with Crippen LogP contribution in [0, 0.1) is 17.2 Å². The SMILES string of the molecule is N#Cc1ccc(NC(=O)N[C@@H]2CCCC[C@H]2CN2CCCCC2)cc1. The molecule has 1 aromatic carbocycles. The Labute approximate surface area is 150 Å². The van der Waals surface area contributed by atoms with Gasteiger partial charge in [0, 0.05) is 18.3 Å². The Morgan fingerprint density at radius 3 is 2.52 bits per heavy atom. The Bertz CT molecular complexity index is 601. The molecule has 1 aliphatic heterocycles. The first-order chi connectivity index (χ1) is 12.2. The van der Waals surface area contributed by atoms with Crippen LogP contribution in [0.4, 0.5) is 10.5 Å². The standard InChI is InChI=1S/C20H28N4O/c21-14-16-8-10-18(11-9-16)22-20(25)23-19-7-3-2-6-17(19)15-24-12-4-1-5-13-24/h8-11,17,19H,1-7,12-13,15H2,(H2,22,23,25)/t17-,19+/m0/s1. The fourth-order valence-electron chi connectivity index (χ4n) is 4.05. The summed E-state index contributed by atoms with van der Waals surface area (Å²) in [6.45, 7) is 3.53. The third-order valence-electron chi connectivity index (χ3n) is 5.44. The van der Waals surface area contributed by atoms with Crippen LogP contribution in [0.25, 0.3) is 0 Å². The van der Waals surface area contributed by atoms with Crippen molar-refractivity contribution < 1.29 is 4.79 Å². The third-order valence-corrected chi connectivity index (χ3v) is 5.44. The second-order valence-corrected chi connectivity index (χ2v) is 7.30. The van der Waals surface area contributed by atoms with Crippen molar-refractivity contribution in [3.63, 3.8) is 0 Å². The number of carbonyl (C=O) groups is 1. The van der Waals surface area contributed by atoms with Crippen LogP contribution in [0.3, 0.4) is 0 Å². The lowest BCUT2D eigenvalue weighted by Crippen LogP contribution is -2.48. The van der Waals surface area contributed by atoms with Crippen LogP contribution in [0.2, 0.25) is 0 Å². The smallest absolute Gasteiger partial charge is 0.319 e. The second-order valence-electron chi connectivity index (χ2n) is 7.30. The molecular formula is C20H28N4O. The van der Waals surface area contributed by atoms with Crippen LogP contribution in [0.5, 0.6) is 0 Å². The monoisotopic (exact) mass is 340 g/mol. The predicted molar refractivity (Wildman–Crippen MR) is 99.3 cm³/mol. The van der Waals surface area contributed by atoms with E-state index in [1.807, 2.05) is 0 Å². The van der Waals surface area contributed by atoms with E-state index in [4.69, 9.17) is 5.26 Å². The van der Waals surface area contributed by atoms with Crippen molar-refractivity contribution in [2.75, 3.05) is 25.0 Å². The first kappa shape index (κ1) is 17.8. The summed E-state index contributed by atoms with van der Waals surface area (Å²) < 4.78 is 0. The van der Waals surface area contributed by atoms with Gasteiger partial charge in [0.15, 0.2) is 0 Å². The number of nitrogens with zero attached hydrogens (tertiary/aromatic N) is 2. The van der Waals surface area contributed by atoms with Crippen LogP contribution in [-0.4, -0.2) is 36.6 Å². The van der Waals surface area contributed by atoms with Crippen molar-refractivity contribution in [2.24, 2.45) is 5.92 Å². The number of hydrogen-bond acceptors (Lipinski definition) is 3. The minimum absolute atomic E-state index is 0.139. The summed E-state index contributed by atoms with van der Waals surface area (Å²) in [7, 11) is 0. The molecule has 0 bridgehead atoms. The van der Waals surface area contributed by atoms with E-state index in [1.54, 1.807) is 24.3 Å².